The highest BCUT2D eigenvalue weighted by Gasteiger charge is 1.99. The van der Waals surface area contributed by atoms with Crippen molar-refractivity contribution in [2.75, 3.05) is 5.32 Å². The summed E-state index contributed by atoms with van der Waals surface area (Å²) in [5.41, 5.74) is 10.0. The van der Waals surface area contributed by atoms with Crippen LogP contribution in [0.2, 0.25) is 0 Å². The molecule has 4 heteroatoms. The van der Waals surface area contributed by atoms with Gasteiger partial charge in [-0.05, 0) is 37.1 Å². The smallest absolute Gasteiger partial charge is 0.198 e. The third-order valence-electron chi connectivity index (χ3n) is 2.76. The Bertz CT molecular complexity index is 579. The number of nitrogens with zero attached hydrogens (tertiary/aromatic N) is 1. The Morgan fingerprint density at radius 1 is 0.947 bits per heavy atom. The summed E-state index contributed by atoms with van der Waals surface area (Å²) in [7, 11) is 0. The number of nitrogens with one attached hydrogen (secondary N) is 1. The van der Waals surface area contributed by atoms with Gasteiger partial charge in [0, 0.05) is 5.69 Å². The fraction of sp³-hybridized carbons (Fsp3) is 0.133. The summed E-state index contributed by atoms with van der Waals surface area (Å²) in [5, 5.41) is 3.11. The molecule has 0 saturated carbocycles. The molecule has 0 unspecified atom stereocenters. The number of hydrogen-bond acceptors (Lipinski definition) is 1. The molecule has 0 fully saturated rings. The van der Waals surface area contributed by atoms with E-state index in [1.54, 1.807) is 0 Å². The van der Waals surface area contributed by atoms with Crippen molar-refractivity contribution in [3.8, 4) is 0 Å². The van der Waals surface area contributed by atoms with Crippen molar-refractivity contribution < 1.29 is 0 Å². The summed E-state index contributed by atoms with van der Waals surface area (Å²) >= 11 is 0. The van der Waals surface area contributed by atoms with E-state index in [2.05, 4.69) is 10.3 Å². The minimum Gasteiger partial charge on any atom is -0.369 e. The molecule has 0 amide bonds. The minimum absolute atomic E-state index is 0. The van der Waals surface area contributed by atoms with Gasteiger partial charge < -0.3 is 11.1 Å². The van der Waals surface area contributed by atoms with E-state index in [9.17, 15) is 0 Å². The first kappa shape index (κ1) is 15.2. The molecule has 0 spiro atoms. The Morgan fingerprint density at radius 3 is 2.16 bits per heavy atom. The quantitative estimate of drug-likeness (QED) is 0.650. The van der Waals surface area contributed by atoms with Crippen LogP contribution in [-0.2, 0) is 0 Å². The van der Waals surface area contributed by atoms with E-state index in [0.717, 1.165) is 22.5 Å². The van der Waals surface area contributed by atoms with Crippen molar-refractivity contribution in [1.29, 1.82) is 0 Å². The Morgan fingerprint density at radius 2 is 1.53 bits per heavy atom. The summed E-state index contributed by atoms with van der Waals surface area (Å²) in [5.74, 6) is 0.401. The topological polar surface area (TPSA) is 50.4 Å². The molecule has 3 nitrogen and oxygen atoms in total. The Kier molecular flexibility index (Phi) is 5.57. The number of guanidine groups is 1. The van der Waals surface area contributed by atoms with Crippen LogP contribution in [0.4, 0.5) is 11.4 Å². The van der Waals surface area contributed by atoms with E-state index >= 15 is 0 Å². The third-order valence-corrected chi connectivity index (χ3v) is 2.76. The maximum Gasteiger partial charge on any atom is 0.198 e. The highest BCUT2D eigenvalue weighted by atomic mass is 79.9. The number of anilines is 1. The zero-order chi connectivity index (χ0) is 13.0. The van der Waals surface area contributed by atoms with E-state index in [0.29, 0.717) is 5.96 Å². The second-order valence-electron chi connectivity index (χ2n) is 4.22. The average molecular weight is 320 g/mol. The second-order valence-corrected chi connectivity index (χ2v) is 4.22. The van der Waals surface area contributed by atoms with Crippen LogP contribution in [0, 0.1) is 13.8 Å². The first-order valence-corrected chi connectivity index (χ1v) is 5.89. The molecule has 0 aliphatic rings. The zero-order valence-electron chi connectivity index (χ0n) is 11.1. The number of aliphatic imine (C=N–C) groups is 1. The molecule has 100 valence electrons. The first-order chi connectivity index (χ1) is 8.66. The van der Waals surface area contributed by atoms with Crippen LogP contribution in [0.1, 0.15) is 11.1 Å². The molecule has 3 N–H and O–H groups in total. The number of halogens is 1. The highest BCUT2D eigenvalue weighted by molar-refractivity contribution is 8.93. The normalized spacial score (nSPS) is 10.7. The lowest BCUT2D eigenvalue weighted by Gasteiger charge is -2.08. The van der Waals surface area contributed by atoms with E-state index in [4.69, 9.17) is 5.73 Å². The van der Waals surface area contributed by atoms with Gasteiger partial charge in [-0.2, -0.15) is 0 Å². The van der Waals surface area contributed by atoms with Crippen LogP contribution in [-0.4, -0.2) is 5.96 Å². The molecular weight excluding hydrogens is 302 g/mol. The standard InChI is InChI=1S/C15H17N3.BrH/c1-11-7-3-5-9-13(11)17-15(16)18-14-10-6-4-8-12(14)2;/h3-10H,1-2H3,(H3,16,17,18);1H. The minimum atomic E-state index is 0. The summed E-state index contributed by atoms with van der Waals surface area (Å²) in [6.45, 7) is 4.04. The summed E-state index contributed by atoms with van der Waals surface area (Å²) in [6.07, 6.45) is 0. The largest absolute Gasteiger partial charge is 0.369 e. The maximum atomic E-state index is 5.91. The van der Waals surface area contributed by atoms with E-state index in [1.165, 1.54) is 0 Å². The Balaban J connectivity index is 0.00000180. The molecule has 0 saturated heterocycles. The number of benzene rings is 2. The summed E-state index contributed by atoms with van der Waals surface area (Å²) < 4.78 is 0. The van der Waals surface area contributed by atoms with Crippen molar-refractivity contribution in [2.24, 2.45) is 10.7 Å². The van der Waals surface area contributed by atoms with Gasteiger partial charge in [0.15, 0.2) is 5.96 Å². The molecule has 0 bridgehead atoms. The van der Waals surface area contributed by atoms with Gasteiger partial charge in [0.25, 0.3) is 0 Å². The number of hydrogen-bond donors (Lipinski definition) is 2. The van der Waals surface area contributed by atoms with Crippen molar-refractivity contribution >= 4 is 34.3 Å². The monoisotopic (exact) mass is 319 g/mol. The molecule has 0 heterocycles. The Hall–Kier alpha value is -1.81. The summed E-state index contributed by atoms with van der Waals surface area (Å²) in [4.78, 5) is 4.38. The number of para-hydroxylation sites is 2. The van der Waals surface area contributed by atoms with E-state index < -0.39 is 0 Å². The second kappa shape index (κ2) is 6.95. The molecular formula is C15H18BrN3. The van der Waals surface area contributed by atoms with E-state index in [-0.39, 0.29) is 17.0 Å². The van der Waals surface area contributed by atoms with Crippen molar-refractivity contribution in [3.05, 3.63) is 59.7 Å². The van der Waals surface area contributed by atoms with Crippen LogP contribution in [0.15, 0.2) is 53.5 Å². The number of aryl methyl sites for hydroxylation is 2. The zero-order valence-corrected chi connectivity index (χ0v) is 12.8. The molecule has 0 radical (unpaired) electrons. The highest BCUT2D eigenvalue weighted by Crippen LogP contribution is 2.18. The van der Waals surface area contributed by atoms with Gasteiger partial charge in [0.1, 0.15) is 0 Å². The lowest BCUT2D eigenvalue weighted by atomic mass is 10.2. The van der Waals surface area contributed by atoms with Gasteiger partial charge in [-0.3, -0.25) is 0 Å². The molecule has 2 rings (SSSR count). The predicted molar refractivity (Wildman–Crippen MR) is 87.6 cm³/mol. The average Bonchev–Trinajstić information content (AvgIpc) is 2.35. The van der Waals surface area contributed by atoms with Gasteiger partial charge in [0.2, 0.25) is 0 Å². The van der Waals surface area contributed by atoms with Gasteiger partial charge >= 0.3 is 0 Å². The van der Waals surface area contributed by atoms with Gasteiger partial charge in [-0.15, -0.1) is 17.0 Å². The predicted octanol–water partition coefficient (Wildman–Crippen LogP) is 3.94. The summed E-state index contributed by atoms with van der Waals surface area (Å²) in [6, 6.07) is 15.9. The van der Waals surface area contributed by atoms with Crippen molar-refractivity contribution in [3.63, 3.8) is 0 Å². The molecule has 0 aromatic heterocycles. The van der Waals surface area contributed by atoms with Crippen LogP contribution in [0.3, 0.4) is 0 Å². The van der Waals surface area contributed by atoms with Crippen LogP contribution >= 0.6 is 17.0 Å². The fourth-order valence-electron chi connectivity index (χ4n) is 1.70. The molecule has 0 aliphatic heterocycles. The van der Waals surface area contributed by atoms with Crippen molar-refractivity contribution in [1.82, 2.24) is 0 Å². The van der Waals surface area contributed by atoms with E-state index in [1.807, 2.05) is 62.4 Å². The lowest BCUT2D eigenvalue weighted by molar-refractivity contribution is 1.36. The molecule has 0 aliphatic carbocycles. The molecule has 19 heavy (non-hydrogen) atoms. The maximum absolute atomic E-state index is 5.91. The SMILES string of the molecule is Br.Cc1ccccc1N=C(N)Nc1ccccc1C. The van der Waals surface area contributed by atoms with Crippen LogP contribution in [0.5, 0.6) is 0 Å². The van der Waals surface area contributed by atoms with Gasteiger partial charge in [-0.25, -0.2) is 4.99 Å². The number of rotatable bonds is 2. The first-order valence-electron chi connectivity index (χ1n) is 5.89. The lowest BCUT2D eigenvalue weighted by Crippen LogP contribution is -2.22. The van der Waals surface area contributed by atoms with Gasteiger partial charge in [-0.1, -0.05) is 36.4 Å². The fourth-order valence-corrected chi connectivity index (χ4v) is 1.70. The third kappa shape index (κ3) is 4.10. The van der Waals surface area contributed by atoms with Crippen LogP contribution in [0.25, 0.3) is 0 Å². The van der Waals surface area contributed by atoms with Crippen molar-refractivity contribution in [2.45, 2.75) is 13.8 Å². The Labute approximate surface area is 124 Å². The van der Waals surface area contributed by atoms with Gasteiger partial charge in [0.05, 0.1) is 5.69 Å². The number of nitrogens with two attached hydrogens (primary N) is 1. The molecule has 2 aromatic carbocycles. The van der Waals surface area contributed by atoms with Crippen LogP contribution < -0.4 is 11.1 Å². The molecule has 2 aromatic rings. The molecule has 0 atom stereocenters.